The van der Waals surface area contributed by atoms with Crippen molar-refractivity contribution in [2.45, 2.75) is 0 Å². The molecule has 0 spiro atoms. The van der Waals surface area contributed by atoms with E-state index in [-0.39, 0.29) is 11.4 Å². The Bertz CT molecular complexity index is 713. The summed E-state index contributed by atoms with van der Waals surface area (Å²) in [6.45, 7) is 0. The zero-order valence-corrected chi connectivity index (χ0v) is 9.64. The molecule has 0 unspecified atom stereocenters. The summed E-state index contributed by atoms with van der Waals surface area (Å²) in [6, 6.07) is 5.04. The van der Waals surface area contributed by atoms with Crippen molar-refractivity contribution in [3.63, 3.8) is 0 Å². The van der Waals surface area contributed by atoms with Crippen molar-refractivity contribution in [2.24, 2.45) is 7.05 Å². The Hall–Kier alpha value is -2.97. The molecule has 0 fully saturated rings. The van der Waals surface area contributed by atoms with Gasteiger partial charge in [0, 0.05) is 19.2 Å². The minimum atomic E-state index is -1.58. The largest absolute Gasteiger partial charge is 0.542 e. The lowest BCUT2D eigenvalue weighted by Gasteiger charge is -2.08. The Morgan fingerprint density at radius 3 is 2.32 bits per heavy atom. The number of nitrogens with zero attached hydrogens (tertiary/aromatic N) is 4. The fourth-order valence-corrected chi connectivity index (χ4v) is 1.61. The first-order chi connectivity index (χ1) is 8.91. The van der Waals surface area contributed by atoms with Gasteiger partial charge in [-0.2, -0.15) is 9.67 Å². The molecule has 2 rings (SSSR count). The molecular weight excluding hydrogens is 256 g/mol. The number of hydrogen-bond donors (Lipinski definition) is 0. The number of benzene rings is 1. The van der Waals surface area contributed by atoms with Crippen molar-refractivity contribution < 1.29 is 14.8 Å². The van der Waals surface area contributed by atoms with Gasteiger partial charge in [-0.1, -0.05) is 0 Å². The molecule has 9 heteroatoms. The molecule has 0 atom stereocenters. The third kappa shape index (κ3) is 2.08. The number of nitro groups is 1. The average molecular weight is 263 g/mol. The summed E-state index contributed by atoms with van der Waals surface area (Å²) >= 11 is 0. The molecule has 2 aromatic rings. The number of hydrogen-bond acceptors (Lipinski definition) is 6. The Morgan fingerprint density at radius 2 is 1.89 bits per heavy atom. The number of aromatic carboxylic acids is 1. The molecule has 9 nitrogen and oxygen atoms in total. The van der Waals surface area contributed by atoms with E-state index in [1.165, 1.54) is 31.3 Å². The average Bonchev–Trinajstić information content (AvgIpc) is 2.65. The Morgan fingerprint density at radius 1 is 1.32 bits per heavy atom. The van der Waals surface area contributed by atoms with E-state index in [4.69, 9.17) is 0 Å². The van der Waals surface area contributed by atoms with Crippen molar-refractivity contribution in [3.8, 4) is 5.69 Å². The summed E-state index contributed by atoms with van der Waals surface area (Å²) in [5, 5.41) is 21.2. The highest BCUT2D eigenvalue weighted by Crippen LogP contribution is 2.14. The van der Waals surface area contributed by atoms with Gasteiger partial charge in [-0.25, -0.2) is 4.79 Å². The molecule has 1 aromatic heterocycles. The molecule has 0 bridgehead atoms. The topological polar surface area (TPSA) is 123 Å². The number of rotatable bonds is 3. The van der Waals surface area contributed by atoms with Gasteiger partial charge in [0.05, 0.1) is 10.6 Å². The van der Waals surface area contributed by atoms with Crippen LogP contribution in [0.3, 0.4) is 0 Å². The molecule has 0 aliphatic heterocycles. The van der Waals surface area contributed by atoms with Gasteiger partial charge in [0.2, 0.25) is 0 Å². The highest BCUT2D eigenvalue weighted by atomic mass is 16.6. The predicted molar refractivity (Wildman–Crippen MR) is 59.8 cm³/mol. The van der Waals surface area contributed by atoms with E-state index in [1.54, 1.807) is 0 Å². The van der Waals surface area contributed by atoms with E-state index in [9.17, 15) is 24.8 Å². The number of carbonyl (C=O) groups is 1. The first-order valence-corrected chi connectivity index (χ1v) is 5.04. The van der Waals surface area contributed by atoms with Crippen LogP contribution in [0, 0.1) is 10.1 Å². The molecule has 0 amide bonds. The number of nitro benzene ring substituents is 1. The lowest BCUT2D eigenvalue weighted by molar-refractivity contribution is -0.384. The lowest BCUT2D eigenvalue weighted by atomic mass is 10.3. The second kappa shape index (κ2) is 4.37. The highest BCUT2D eigenvalue weighted by Gasteiger charge is 2.13. The monoisotopic (exact) mass is 263 g/mol. The van der Waals surface area contributed by atoms with Crippen LogP contribution in [0.15, 0.2) is 29.1 Å². The predicted octanol–water partition coefficient (Wildman–Crippen LogP) is -1.16. The van der Waals surface area contributed by atoms with Gasteiger partial charge in [-0.15, -0.1) is 0 Å². The Labute approximate surface area is 105 Å². The summed E-state index contributed by atoms with van der Waals surface area (Å²) < 4.78 is 1.97. The quantitative estimate of drug-likeness (QED) is 0.508. The number of aromatic nitrogens is 3. The van der Waals surface area contributed by atoms with E-state index < -0.39 is 22.4 Å². The van der Waals surface area contributed by atoms with Crippen molar-refractivity contribution in [1.29, 1.82) is 0 Å². The van der Waals surface area contributed by atoms with Gasteiger partial charge >= 0.3 is 5.69 Å². The molecule has 0 N–H and O–H groups in total. The maximum absolute atomic E-state index is 11.6. The molecule has 1 heterocycles. The van der Waals surface area contributed by atoms with Crippen molar-refractivity contribution in [2.75, 3.05) is 0 Å². The van der Waals surface area contributed by atoms with Crippen LogP contribution in [0.4, 0.5) is 5.69 Å². The van der Waals surface area contributed by atoms with Crippen LogP contribution in [0.1, 0.15) is 10.6 Å². The lowest BCUT2D eigenvalue weighted by Crippen LogP contribution is -2.27. The van der Waals surface area contributed by atoms with Gasteiger partial charge in [-0.3, -0.25) is 14.8 Å². The first kappa shape index (κ1) is 12.5. The van der Waals surface area contributed by atoms with E-state index in [2.05, 4.69) is 4.98 Å². The third-order valence-corrected chi connectivity index (χ3v) is 2.48. The first-order valence-electron chi connectivity index (χ1n) is 5.04. The number of carboxylic acid groups (broad SMARTS) is 1. The molecule has 0 aliphatic carbocycles. The fourth-order valence-electron chi connectivity index (χ4n) is 1.61. The molecule has 0 saturated heterocycles. The fraction of sp³-hybridized carbons (Fsp3) is 0.100. The van der Waals surface area contributed by atoms with E-state index >= 15 is 0 Å². The van der Waals surface area contributed by atoms with Crippen molar-refractivity contribution in [1.82, 2.24) is 14.3 Å². The van der Waals surface area contributed by atoms with Crippen molar-refractivity contribution >= 4 is 11.7 Å². The molecule has 19 heavy (non-hydrogen) atoms. The van der Waals surface area contributed by atoms with Crippen LogP contribution in [0.5, 0.6) is 0 Å². The Balaban J connectivity index is 2.56. The summed E-state index contributed by atoms with van der Waals surface area (Å²) in [5.74, 6) is -2.11. The molecule has 1 aromatic carbocycles. The van der Waals surface area contributed by atoms with Crippen LogP contribution in [0.2, 0.25) is 0 Å². The number of carbonyl (C=O) groups excluding carboxylic acids is 1. The zero-order valence-electron chi connectivity index (χ0n) is 9.64. The second-order valence-corrected chi connectivity index (χ2v) is 3.61. The summed E-state index contributed by atoms with van der Waals surface area (Å²) in [7, 11) is 1.32. The van der Waals surface area contributed by atoms with Gasteiger partial charge < -0.3 is 9.90 Å². The zero-order chi connectivity index (χ0) is 14.2. The van der Waals surface area contributed by atoms with Crippen LogP contribution >= 0.6 is 0 Å². The van der Waals surface area contributed by atoms with Crippen molar-refractivity contribution in [3.05, 3.63) is 50.7 Å². The molecule has 0 saturated carbocycles. The molecular formula is C10H7N4O5-. The van der Waals surface area contributed by atoms with E-state index in [0.717, 1.165) is 9.36 Å². The molecule has 0 radical (unpaired) electrons. The minimum absolute atomic E-state index is 0.140. The van der Waals surface area contributed by atoms with Gasteiger partial charge in [0.15, 0.2) is 5.82 Å². The van der Waals surface area contributed by atoms with E-state index in [0.29, 0.717) is 0 Å². The highest BCUT2D eigenvalue weighted by molar-refractivity contribution is 5.81. The second-order valence-electron chi connectivity index (χ2n) is 3.61. The van der Waals surface area contributed by atoms with Crippen LogP contribution in [-0.2, 0) is 7.05 Å². The standard InChI is InChI=1S/C10H8N4O5/c1-12-8(9(15)16)11-10(17)13(12)6-2-4-7(5-3-6)14(18)19/h2-5H,1H3,(H,15,16)/p-1. The van der Waals surface area contributed by atoms with Gasteiger partial charge in [0.25, 0.3) is 5.69 Å². The van der Waals surface area contributed by atoms with Gasteiger partial charge in [-0.05, 0) is 12.1 Å². The number of carboxylic acids is 1. The summed E-state index contributed by atoms with van der Waals surface area (Å²) in [4.78, 5) is 35.6. The summed E-state index contributed by atoms with van der Waals surface area (Å²) in [5.41, 5.74) is -0.687. The molecule has 98 valence electrons. The molecule has 0 aliphatic rings. The summed E-state index contributed by atoms with van der Waals surface area (Å²) in [6.07, 6.45) is 0. The van der Waals surface area contributed by atoms with Crippen LogP contribution in [0.25, 0.3) is 5.69 Å². The maximum atomic E-state index is 11.6. The van der Waals surface area contributed by atoms with Gasteiger partial charge in [0.1, 0.15) is 5.97 Å². The van der Waals surface area contributed by atoms with E-state index in [1.807, 2.05) is 0 Å². The van der Waals surface area contributed by atoms with Crippen LogP contribution < -0.4 is 10.8 Å². The third-order valence-electron chi connectivity index (χ3n) is 2.48. The van der Waals surface area contributed by atoms with Crippen LogP contribution in [-0.4, -0.2) is 25.2 Å². The normalized spacial score (nSPS) is 10.4. The SMILES string of the molecule is Cn1c(C(=O)[O-])nc(=O)n1-c1ccc([N+](=O)[O-])cc1. The number of non-ortho nitro benzene ring substituents is 1. The smallest absolute Gasteiger partial charge is 0.369 e. The minimum Gasteiger partial charge on any atom is -0.542 e. The Kier molecular flexibility index (Phi) is 2.87. The maximum Gasteiger partial charge on any atom is 0.369 e.